The van der Waals surface area contributed by atoms with E-state index in [0.717, 1.165) is 42.7 Å². The molecule has 1 amide bonds. The Morgan fingerprint density at radius 3 is 2.55 bits per heavy atom. The van der Waals surface area contributed by atoms with Crippen LogP contribution in [-0.2, 0) is 4.79 Å². The lowest BCUT2D eigenvalue weighted by atomic mass is 10.2. The van der Waals surface area contributed by atoms with Crippen LogP contribution in [0.1, 0.15) is 20.1 Å². The molecule has 1 aromatic heterocycles. The summed E-state index contributed by atoms with van der Waals surface area (Å²) < 4.78 is 0. The lowest BCUT2D eigenvalue weighted by Gasteiger charge is -2.32. The molecule has 0 atom stereocenters. The van der Waals surface area contributed by atoms with Gasteiger partial charge in [0.2, 0.25) is 0 Å². The van der Waals surface area contributed by atoms with Crippen LogP contribution in [-0.4, -0.2) is 60.0 Å². The zero-order valence-corrected chi connectivity index (χ0v) is 12.4. The molecule has 0 spiro atoms. The maximum atomic E-state index is 12.4. The lowest BCUT2D eigenvalue weighted by molar-refractivity contribution is -0.131. The van der Waals surface area contributed by atoms with Crippen molar-refractivity contribution in [3.8, 4) is 0 Å². The highest BCUT2D eigenvalue weighted by Crippen LogP contribution is 2.25. The number of aryl methyl sites for hydroxylation is 1. The van der Waals surface area contributed by atoms with Crippen LogP contribution in [0.3, 0.4) is 0 Å². The minimum absolute atomic E-state index is 0.0428. The number of piperazine rings is 1. The van der Waals surface area contributed by atoms with Gasteiger partial charge in [-0.05, 0) is 31.7 Å². The topological polar surface area (TPSA) is 60.9 Å². The minimum atomic E-state index is -0.982. The summed E-state index contributed by atoms with van der Waals surface area (Å²) in [6, 6.07) is 1.84. The molecular formula is C14H18N2O3S. The van der Waals surface area contributed by atoms with Crippen LogP contribution < -0.4 is 0 Å². The summed E-state index contributed by atoms with van der Waals surface area (Å²) in [6.45, 7) is 5.15. The second kappa shape index (κ2) is 6.19. The van der Waals surface area contributed by atoms with Crippen LogP contribution in [0, 0.1) is 6.92 Å². The van der Waals surface area contributed by atoms with Gasteiger partial charge in [-0.2, -0.15) is 0 Å². The van der Waals surface area contributed by atoms with Gasteiger partial charge in [-0.15, -0.1) is 11.3 Å². The zero-order chi connectivity index (χ0) is 14.7. The second-order valence-corrected chi connectivity index (χ2v) is 6.01. The first kappa shape index (κ1) is 14.7. The minimum Gasteiger partial charge on any atom is -0.478 e. The number of carboxylic acids is 1. The average Bonchev–Trinajstić information content (AvgIpc) is 2.78. The zero-order valence-electron chi connectivity index (χ0n) is 11.6. The molecular weight excluding hydrogens is 276 g/mol. The van der Waals surface area contributed by atoms with E-state index >= 15 is 0 Å². The Kier molecular flexibility index (Phi) is 4.57. The molecule has 0 aromatic carbocycles. The highest BCUT2D eigenvalue weighted by Gasteiger charge is 2.22. The van der Waals surface area contributed by atoms with Gasteiger partial charge in [0.15, 0.2) is 0 Å². The van der Waals surface area contributed by atoms with E-state index < -0.39 is 5.97 Å². The van der Waals surface area contributed by atoms with Gasteiger partial charge in [-0.3, -0.25) is 4.79 Å². The number of thiophene rings is 1. The first-order chi connectivity index (χ1) is 9.47. The Morgan fingerprint density at radius 2 is 1.95 bits per heavy atom. The Hall–Kier alpha value is -1.66. The first-order valence-corrected chi connectivity index (χ1v) is 7.28. The third-order valence-corrected chi connectivity index (χ3v) is 4.53. The maximum absolute atomic E-state index is 12.4. The van der Waals surface area contributed by atoms with Gasteiger partial charge in [0, 0.05) is 37.1 Å². The molecule has 1 fully saturated rings. The van der Waals surface area contributed by atoms with Crippen molar-refractivity contribution in [1.29, 1.82) is 0 Å². The summed E-state index contributed by atoms with van der Waals surface area (Å²) in [4.78, 5) is 28.5. The van der Waals surface area contributed by atoms with Crippen LogP contribution in [0.2, 0.25) is 0 Å². The van der Waals surface area contributed by atoms with E-state index in [1.165, 1.54) is 11.3 Å². The van der Waals surface area contributed by atoms with E-state index in [0.29, 0.717) is 4.88 Å². The van der Waals surface area contributed by atoms with E-state index in [1.807, 2.05) is 24.9 Å². The number of aliphatic carboxylic acids is 1. The van der Waals surface area contributed by atoms with Crippen molar-refractivity contribution in [3.05, 3.63) is 27.5 Å². The number of carbonyl (C=O) groups is 2. The summed E-state index contributed by atoms with van der Waals surface area (Å²) in [5.41, 5.74) is 0.935. The molecule has 0 saturated carbocycles. The van der Waals surface area contributed by atoms with E-state index in [4.69, 9.17) is 5.11 Å². The number of carbonyl (C=O) groups excluding carboxylic acids is 1. The number of hydrogen-bond donors (Lipinski definition) is 1. The Labute approximate surface area is 122 Å². The third-order valence-electron chi connectivity index (χ3n) is 3.33. The highest BCUT2D eigenvalue weighted by molar-refractivity contribution is 7.15. The van der Waals surface area contributed by atoms with E-state index in [9.17, 15) is 9.59 Å². The van der Waals surface area contributed by atoms with E-state index in [2.05, 4.69) is 4.90 Å². The van der Waals surface area contributed by atoms with Crippen LogP contribution in [0.15, 0.2) is 12.1 Å². The number of nitrogens with zero attached hydrogens (tertiary/aromatic N) is 2. The number of rotatable bonds is 3. The maximum Gasteiger partial charge on any atom is 0.328 e. The molecule has 0 unspecified atom stereocenters. The monoisotopic (exact) mass is 294 g/mol. The van der Waals surface area contributed by atoms with Crippen LogP contribution in [0.5, 0.6) is 0 Å². The molecule has 2 rings (SSSR count). The quantitative estimate of drug-likeness (QED) is 0.859. The summed E-state index contributed by atoms with van der Waals surface area (Å²) in [5.74, 6) is -0.939. The van der Waals surface area contributed by atoms with Crippen molar-refractivity contribution >= 4 is 29.3 Å². The molecule has 2 heterocycles. The molecule has 1 aliphatic heterocycles. The fraction of sp³-hybridized carbons (Fsp3) is 0.429. The Bertz CT molecular complexity index is 543. The standard InChI is InChI=1S/C14H18N2O3S/c1-10-9-12(20-11(10)3-4-13(17)18)14(19)16-7-5-15(2)6-8-16/h3-4,9H,5-8H2,1-2H3,(H,17,18)/b4-3+. The molecule has 20 heavy (non-hydrogen) atoms. The van der Waals surface area contributed by atoms with Gasteiger partial charge in [-0.1, -0.05) is 0 Å². The van der Waals surface area contributed by atoms with Gasteiger partial charge < -0.3 is 14.9 Å². The second-order valence-electron chi connectivity index (χ2n) is 4.92. The van der Waals surface area contributed by atoms with Crippen LogP contribution in [0.4, 0.5) is 0 Å². The molecule has 1 aliphatic rings. The normalized spacial score (nSPS) is 16.8. The Morgan fingerprint density at radius 1 is 1.30 bits per heavy atom. The molecule has 1 N–H and O–H groups in total. The van der Waals surface area contributed by atoms with E-state index in [-0.39, 0.29) is 5.91 Å². The van der Waals surface area contributed by atoms with Gasteiger partial charge in [0.1, 0.15) is 0 Å². The lowest BCUT2D eigenvalue weighted by Crippen LogP contribution is -2.46. The fourth-order valence-corrected chi connectivity index (χ4v) is 3.12. The summed E-state index contributed by atoms with van der Waals surface area (Å²) in [6.07, 6.45) is 2.64. The average molecular weight is 294 g/mol. The number of amides is 1. The Balaban J connectivity index is 2.11. The molecule has 5 nitrogen and oxygen atoms in total. The molecule has 6 heteroatoms. The predicted octanol–water partition coefficient (Wildman–Crippen LogP) is 1.54. The largest absolute Gasteiger partial charge is 0.478 e. The van der Waals surface area contributed by atoms with E-state index in [1.54, 1.807) is 6.08 Å². The summed E-state index contributed by atoms with van der Waals surface area (Å²) in [5, 5.41) is 8.65. The predicted molar refractivity (Wildman–Crippen MR) is 79.1 cm³/mol. The molecule has 0 aliphatic carbocycles. The van der Waals surface area contributed by atoms with Crippen molar-refractivity contribution in [2.24, 2.45) is 0 Å². The van der Waals surface area contributed by atoms with Crippen molar-refractivity contribution in [3.63, 3.8) is 0 Å². The number of carboxylic acid groups (broad SMARTS) is 1. The number of hydrogen-bond acceptors (Lipinski definition) is 4. The molecule has 0 radical (unpaired) electrons. The molecule has 0 bridgehead atoms. The summed E-state index contributed by atoms with van der Waals surface area (Å²) in [7, 11) is 2.05. The summed E-state index contributed by atoms with van der Waals surface area (Å²) >= 11 is 1.35. The van der Waals surface area contributed by atoms with Gasteiger partial charge in [0.05, 0.1) is 4.88 Å². The van der Waals surface area contributed by atoms with Crippen LogP contribution in [0.25, 0.3) is 6.08 Å². The highest BCUT2D eigenvalue weighted by atomic mass is 32.1. The van der Waals surface area contributed by atoms with Crippen LogP contribution >= 0.6 is 11.3 Å². The molecule has 1 aromatic rings. The third kappa shape index (κ3) is 3.46. The molecule has 1 saturated heterocycles. The van der Waals surface area contributed by atoms with Gasteiger partial charge in [-0.25, -0.2) is 4.79 Å². The SMILES string of the molecule is Cc1cc(C(=O)N2CCN(C)CC2)sc1/C=C/C(=O)O. The fourth-order valence-electron chi connectivity index (χ4n) is 2.08. The smallest absolute Gasteiger partial charge is 0.328 e. The van der Waals surface area contributed by atoms with Gasteiger partial charge >= 0.3 is 5.97 Å². The molecule has 108 valence electrons. The van der Waals surface area contributed by atoms with Gasteiger partial charge in [0.25, 0.3) is 5.91 Å². The first-order valence-electron chi connectivity index (χ1n) is 6.46. The number of likely N-dealkylation sites (N-methyl/N-ethyl adjacent to an activating group) is 1. The van der Waals surface area contributed by atoms with Crippen molar-refractivity contribution < 1.29 is 14.7 Å². The van der Waals surface area contributed by atoms with Crippen molar-refractivity contribution in [1.82, 2.24) is 9.80 Å². The van der Waals surface area contributed by atoms with Crippen molar-refractivity contribution in [2.75, 3.05) is 33.2 Å². The van der Waals surface area contributed by atoms with Crippen molar-refractivity contribution in [2.45, 2.75) is 6.92 Å².